The molecular weight excluding hydrogens is 266 g/mol. The number of carboxylic acids is 1. The Balaban J connectivity index is 2.39. The minimum atomic E-state index is -0.792. The van der Waals surface area contributed by atoms with Crippen LogP contribution in [0.4, 0.5) is 0 Å². The van der Waals surface area contributed by atoms with Crippen molar-refractivity contribution in [1.29, 1.82) is 0 Å². The van der Waals surface area contributed by atoms with E-state index in [1.165, 1.54) is 0 Å². The van der Waals surface area contributed by atoms with Gasteiger partial charge in [-0.1, -0.05) is 36.4 Å². The molecule has 2 rings (SSSR count). The number of hydrogen-bond donors (Lipinski definition) is 1. The average molecular weight is 285 g/mol. The molecule has 0 aliphatic carbocycles. The minimum Gasteiger partial charge on any atom is -0.481 e. The fraction of sp³-hybridized carbons (Fsp3) is 0.294. The predicted octanol–water partition coefficient (Wildman–Crippen LogP) is 3.23. The number of aromatic nitrogens is 1. The molecule has 1 N–H and O–H groups in total. The van der Waals surface area contributed by atoms with Crippen molar-refractivity contribution in [2.75, 3.05) is 7.11 Å². The summed E-state index contributed by atoms with van der Waals surface area (Å²) in [5.74, 6) is -0.792. The lowest BCUT2D eigenvalue weighted by Crippen LogP contribution is -2.30. The Morgan fingerprint density at radius 3 is 2.48 bits per heavy atom. The van der Waals surface area contributed by atoms with Crippen LogP contribution >= 0.6 is 0 Å². The van der Waals surface area contributed by atoms with E-state index in [-0.39, 0.29) is 6.42 Å². The summed E-state index contributed by atoms with van der Waals surface area (Å²) in [6.45, 7) is 0. The van der Waals surface area contributed by atoms with Crippen molar-refractivity contribution in [3.05, 3.63) is 66.0 Å². The molecule has 1 aromatic carbocycles. The number of ether oxygens (including phenoxy) is 1. The molecule has 1 aromatic heterocycles. The second-order valence-corrected chi connectivity index (χ2v) is 4.89. The normalized spacial score (nSPS) is 13.6. The summed E-state index contributed by atoms with van der Waals surface area (Å²) in [7, 11) is 1.65. The molecule has 0 aliphatic heterocycles. The first-order valence-electron chi connectivity index (χ1n) is 6.92. The third-order valence-electron chi connectivity index (χ3n) is 3.64. The summed E-state index contributed by atoms with van der Waals surface area (Å²) in [6, 6.07) is 13.7. The van der Waals surface area contributed by atoms with Gasteiger partial charge in [0.2, 0.25) is 0 Å². The van der Waals surface area contributed by atoms with Crippen LogP contribution in [0.2, 0.25) is 0 Å². The van der Waals surface area contributed by atoms with Crippen LogP contribution in [0.5, 0.6) is 0 Å². The second-order valence-electron chi connectivity index (χ2n) is 4.89. The van der Waals surface area contributed by atoms with E-state index in [0.717, 1.165) is 11.1 Å². The van der Waals surface area contributed by atoms with Crippen molar-refractivity contribution in [3.63, 3.8) is 0 Å². The van der Waals surface area contributed by atoms with Crippen molar-refractivity contribution < 1.29 is 14.6 Å². The van der Waals surface area contributed by atoms with Gasteiger partial charge in [0.15, 0.2) is 0 Å². The third-order valence-corrected chi connectivity index (χ3v) is 3.64. The number of carboxylic acid groups (broad SMARTS) is 1. The van der Waals surface area contributed by atoms with E-state index in [9.17, 15) is 4.79 Å². The van der Waals surface area contributed by atoms with Gasteiger partial charge in [-0.15, -0.1) is 0 Å². The van der Waals surface area contributed by atoms with Gasteiger partial charge in [0.05, 0.1) is 0 Å². The molecule has 0 fully saturated rings. The highest BCUT2D eigenvalue weighted by Gasteiger charge is 2.34. The lowest BCUT2D eigenvalue weighted by atomic mass is 9.82. The highest BCUT2D eigenvalue weighted by molar-refractivity contribution is 5.66. The summed E-state index contributed by atoms with van der Waals surface area (Å²) < 4.78 is 5.86. The summed E-state index contributed by atoms with van der Waals surface area (Å²) in [6.07, 6.45) is 4.74. The van der Waals surface area contributed by atoms with E-state index in [2.05, 4.69) is 4.98 Å². The molecule has 0 spiro atoms. The lowest BCUT2D eigenvalue weighted by Gasteiger charge is -2.33. The lowest BCUT2D eigenvalue weighted by molar-refractivity contribution is -0.137. The molecule has 4 nitrogen and oxygen atoms in total. The first kappa shape index (κ1) is 15.2. The molecule has 1 atom stereocenters. The summed E-state index contributed by atoms with van der Waals surface area (Å²) >= 11 is 0. The van der Waals surface area contributed by atoms with Crippen LogP contribution < -0.4 is 0 Å². The topological polar surface area (TPSA) is 59.4 Å². The van der Waals surface area contributed by atoms with Crippen molar-refractivity contribution >= 4 is 5.97 Å². The Hall–Kier alpha value is -2.20. The Morgan fingerprint density at radius 1 is 1.19 bits per heavy atom. The van der Waals surface area contributed by atoms with Crippen molar-refractivity contribution in [3.8, 4) is 0 Å². The van der Waals surface area contributed by atoms with E-state index in [1.807, 2.05) is 42.5 Å². The molecular formula is C17H19NO3. The number of aliphatic carboxylic acids is 1. The summed E-state index contributed by atoms with van der Waals surface area (Å²) in [4.78, 5) is 15.0. The number of hydrogen-bond acceptors (Lipinski definition) is 3. The van der Waals surface area contributed by atoms with Crippen molar-refractivity contribution in [2.45, 2.75) is 24.9 Å². The molecule has 4 heteroatoms. The van der Waals surface area contributed by atoms with Crippen LogP contribution in [0.1, 0.15) is 30.4 Å². The second kappa shape index (κ2) is 6.99. The predicted molar refractivity (Wildman–Crippen MR) is 80.0 cm³/mol. The van der Waals surface area contributed by atoms with Gasteiger partial charge in [0, 0.05) is 31.5 Å². The van der Waals surface area contributed by atoms with Crippen LogP contribution in [0, 0.1) is 0 Å². The molecule has 2 aromatic rings. The maximum absolute atomic E-state index is 10.8. The molecule has 21 heavy (non-hydrogen) atoms. The molecule has 0 aliphatic rings. The van der Waals surface area contributed by atoms with E-state index >= 15 is 0 Å². The number of rotatable bonds is 7. The van der Waals surface area contributed by atoms with Crippen LogP contribution in [0.25, 0.3) is 0 Å². The first-order valence-corrected chi connectivity index (χ1v) is 6.92. The molecule has 110 valence electrons. The van der Waals surface area contributed by atoms with E-state index in [4.69, 9.17) is 9.84 Å². The largest absolute Gasteiger partial charge is 0.481 e. The third kappa shape index (κ3) is 3.47. The Morgan fingerprint density at radius 2 is 1.90 bits per heavy atom. The van der Waals surface area contributed by atoms with Crippen molar-refractivity contribution in [2.24, 2.45) is 0 Å². The maximum atomic E-state index is 10.8. The highest BCUT2D eigenvalue weighted by Crippen LogP contribution is 2.37. The van der Waals surface area contributed by atoms with Gasteiger partial charge in [0.25, 0.3) is 0 Å². The fourth-order valence-electron chi connectivity index (χ4n) is 2.59. The monoisotopic (exact) mass is 285 g/mol. The van der Waals surface area contributed by atoms with Gasteiger partial charge < -0.3 is 9.84 Å². The molecule has 1 unspecified atom stereocenters. The number of pyridine rings is 1. The summed E-state index contributed by atoms with van der Waals surface area (Å²) in [5.41, 5.74) is 1.28. The van der Waals surface area contributed by atoms with Crippen LogP contribution in [-0.2, 0) is 15.1 Å². The zero-order valence-electron chi connectivity index (χ0n) is 12.0. The molecule has 1 heterocycles. The fourth-order valence-corrected chi connectivity index (χ4v) is 2.59. The Kier molecular flexibility index (Phi) is 5.06. The highest BCUT2D eigenvalue weighted by atomic mass is 16.5. The van der Waals surface area contributed by atoms with Gasteiger partial charge in [-0.3, -0.25) is 9.78 Å². The molecule has 0 saturated heterocycles. The van der Waals surface area contributed by atoms with Crippen LogP contribution in [-0.4, -0.2) is 23.2 Å². The quantitative estimate of drug-likeness (QED) is 0.848. The smallest absolute Gasteiger partial charge is 0.303 e. The number of carbonyl (C=O) groups is 1. The van der Waals surface area contributed by atoms with E-state index < -0.39 is 11.6 Å². The molecule has 0 bridgehead atoms. The van der Waals surface area contributed by atoms with Crippen LogP contribution in [0.3, 0.4) is 0 Å². The van der Waals surface area contributed by atoms with Gasteiger partial charge >= 0.3 is 5.97 Å². The van der Waals surface area contributed by atoms with Gasteiger partial charge in [-0.2, -0.15) is 0 Å². The Bertz CT molecular complexity index is 530. The van der Waals surface area contributed by atoms with E-state index in [1.54, 1.807) is 19.5 Å². The maximum Gasteiger partial charge on any atom is 0.303 e. The van der Waals surface area contributed by atoms with E-state index in [0.29, 0.717) is 12.8 Å². The van der Waals surface area contributed by atoms with Gasteiger partial charge in [-0.25, -0.2) is 0 Å². The molecule has 0 radical (unpaired) electrons. The SMILES string of the molecule is COC(CCCC(=O)O)(c1ccccc1)c1cccnc1. The minimum absolute atomic E-state index is 0.123. The standard InChI is InChI=1S/C17H19NO3/c1-21-17(11-5-10-16(19)20,14-7-3-2-4-8-14)15-9-6-12-18-13-15/h2-4,6-9,12-13H,5,10-11H2,1H3,(H,19,20). The summed E-state index contributed by atoms with van der Waals surface area (Å²) in [5, 5.41) is 8.87. The molecule has 0 saturated carbocycles. The van der Waals surface area contributed by atoms with Crippen LogP contribution in [0.15, 0.2) is 54.9 Å². The van der Waals surface area contributed by atoms with Crippen molar-refractivity contribution in [1.82, 2.24) is 4.98 Å². The van der Waals surface area contributed by atoms with Gasteiger partial charge in [-0.05, 0) is 24.5 Å². The first-order chi connectivity index (χ1) is 10.2. The number of benzene rings is 1. The number of nitrogens with zero attached hydrogens (tertiary/aromatic N) is 1. The Labute approximate surface area is 124 Å². The zero-order chi connectivity index (χ0) is 15.1. The zero-order valence-corrected chi connectivity index (χ0v) is 12.0. The average Bonchev–Trinajstić information content (AvgIpc) is 2.53. The number of methoxy groups -OCH3 is 1. The molecule has 0 amide bonds. The van der Waals surface area contributed by atoms with Gasteiger partial charge in [0.1, 0.15) is 5.60 Å².